The highest BCUT2D eigenvalue weighted by Crippen LogP contribution is 2.39. The van der Waals surface area contributed by atoms with Crippen molar-refractivity contribution in [1.82, 2.24) is 14.7 Å². The summed E-state index contributed by atoms with van der Waals surface area (Å²) < 4.78 is 56.4. The van der Waals surface area contributed by atoms with Crippen molar-refractivity contribution in [3.63, 3.8) is 0 Å². The molecule has 2 aromatic carbocycles. The third kappa shape index (κ3) is 7.89. The Morgan fingerprint density at radius 3 is 2.28 bits per heavy atom. The summed E-state index contributed by atoms with van der Waals surface area (Å²) in [5, 5.41) is 0.304. The highest BCUT2D eigenvalue weighted by molar-refractivity contribution is 6.30. The molecule has 0 saturated carbocycles. The van der Waals surface area contributed by atoms with E-state index in [4.69, 9.17) is 21.1 Å². The molecule has 0 spiro atoms. The van der Waals surface area contributed by atoms with E-state index in [1.807, 2.05) is 16.7 Å². The number of esters is 1. The summed E-state index contributed by atoms with van der Waals surface area (Å²) in [6.45, 7) is 12.1. The fraction of sp³-hybridized carbons (Fsp3) is 0.600. The Morgan fingerprint density at radius 2 is 1.67 bits per heavy atom. The Bertz CT molecular complexity index is 1410. The zero-order valence-electron chi connectivity index (χ0n) is 27.3. The van der Waals surface area contributed by atoms with E-state index in [0.717, 1.165) is 12.8 Å². The van der Waals surface area contributed by atoms with Gasteiger partial charge in [0.1, 0.15) is 29.1 Å². The van der Waals surface area contributed by atoms with Crippen molar-refractivity contribution in [2.24, 2.45) is 5.92 Å². The van der Waals surface area contributed by atoms with Gasteiger partial charge in [-0.25, -0.2) is 13.2 Å². The third-order valence-electron chi connectivity index (χ3n) is 9.48. The van der Waals surface area contributed by atoms with Gasteiger partial charge in [-0.3, -0.25) is 19.4 Å². The first kappa shape index (κ1) is 34.7. The van der Waals surface area contributed by atoms with Gasteiger partial charge < -0.3 is 14.4 Å². The van der Waals surface area contributed by atoms with Crippen LogP contribution < -0.4 is 0 Å². The Balaban J connectivity index is 1.36. The molecule has 252 valence electrons. The largest absolute Gasteiger partial charge is 0.459 e. The lowest BCUT2D eigenvalue weighted by atomic mass is 9.87. The molecule has 1 amide bonds. The van der Waals surface area contributed by atoms with Gasteiger partial charge in [0, 0.05) is 80.9 Å². The van der Waals surface area contributed by atoms with Crippen LogP contribution in [0.5, 0.6) is 0 Å². The molecule has 3 fully saturated rings. The summed E-state index contributed by atoms with van der Waals surface area (Å²) >= 11 is 6.07. The van der Waals surface area contributed by atoms with Crippen LogP contribution in [0.1, 0.15) is 63.1 Å². The van der Waals surface area contributed by atoms with Crippen LogP contribution in [-0.2, 0) is 25.5 Å². The minimum atomic E-state index is -0.947. The number of piperazine rings is 1. The zero-order valence-corrected chi connectivity index (χ0v) is 28.1. The van der Waals surface area contributed by atoms with Crippen LogP contribution in [0.4, 0.5) is 13.2 Å². The van der Waals surface area contributed by atoms with E-state index < -0.39 is 41.0 Å². The monoisotopic (exact) mass is 663 g/mol. The molecule has 0 bridgehead atoms. The van der Waals surface area contributed by atoms with E-state index in [1.165, 1.54) is 18.2 Å². The van der Waals surface area contributed by atoms with Crippen molar-refractivity contribution < 1.29 is 32.2 Å². The Morgan fingerprint density at radius 1 is 1.00 bits per heavy atom. The quantitative estimate of drug-likeness (QED) is 0.352. The summed E-state index contributed by atoms with van der Waals surface area (Å²) in [7, 11) is 0. The van der Waals surface area contributed by atoms with E-state index in [-0.39, 0.29) is 35.9 Å². The van der Waals surface area contributed by atoms with Crippen molar-refractivity contribution in [3.05, 3.63) is 69.5 Å². The molecule has 0 aromatic heterocycles. The van der Waals surface area contributed by atoms with Gasteiger partial charge in [-0.2, -0.15) is 0 Å². The molecule has 4 atom stereocenters. The van der Waals surface area contributed by atoms with E-state index in [2.05, 4.69) is 4.90 Å². The van der Waals surface area contributed by atoms with Gasteiger partial charge in [0.25, 0.3) is 0 Å². The second-order valence-electron chi connectivity index (χ2n) is 14.0. The lowest BCUT2D eigenvalue weighted by Gasteiger charge is -2.44. The van der Waals surface area contributed by atoms with Crippen molar-refractivity contribution in [2.75, 3.05) is 45.9 Å². The molecule has 3 heterocycles. The predicted molar refractivity (Wildman–Crippen MR) is 170 cm³/mol. The predicted octanol–water partition coefficient (Wildman–Crippen LogP) is 5.75. The molecule has 3 aliphatic rings. The van der Waals surface area contributed by atoms with Crippen LogP contribution in [0, 0.1) is 30.3 Å². The van der Waals surface area contributed by atoms with E-state index in [9.17, 15) is 18.4 Å². The van der Waals surface area contributed by atoms with Crippen LogP contribution in [0.25, 0.3) is 0 Å². The minimum Gasteiger partial charge on any atom is -0.459 e. The molecule has 3 aliphatic heterocycles. The topological polar surface area (TPSA) is 62.3 Å². The summed E-state index contributed by atoms with van der Waals surface area (Å²) in [6.07, 6.45) is 1.52. The summed E-state index contributed by atoms with van der Waals surface area (Å²) in [5.74, 6) is -3.28. The van der Waals surface area contributed by atoms with Crippen LogP contribution in [0.15, 0.2) is 30.3 Å². The number of halogens is 4. The lowest BCUT2D eigenvalue weighted by Crippen LogP contribution is -2.60. The van der Waals surface area contributed by atoms with E-state index in [1.54, 1.807) is 39.8 Å². The third-order valence-corrected chi connectivity index (χ3v) is 9.71. The molecule has 0 radical (unpaired) electrons. The van der Waals surface area contributed by atoms with Crippen molar-refractivity contribution in [3.8, 4) is 0 Å². The molecule has 46 heavy (non-hydrogen) atoms. The Labute approximate surface area is 274 Å². The van der Waals surface area contributed by atoms with Crippen molar-refractivity contribution in [1.29, 1.82) is 0 Å². The molecule has 0 N–H and O–H groups in total. The molecule has 0 unspecified atom stereocenters. The molecule has 0 aliphatic carbocycles. The fourth-order valence-corrected chi connectivity index (χ4v) is 7.37. The number of nitrogens with zero attached hydrogens (tertiary/aromatic N) is 3. The summed E-state index contributed by atoms with van der Waals surface area (Å²) in [6, 6.07) is 6.17. The Hall–Kier alpha value is -2.66. The van der Waals surface area contributed by atoms with Gasteiger partial charge in [-0.05, 0) is 82.9 Å². The standard InChI is InChI=1S/C35H45ClF3N3O4/c1-21-14-29(37)26(30(38)15-21)17-32(34(44)46-35(3,4)5)40-10-11-42(22(2)18-40)33(43)28-20-41(24-8-12-45-13-9-24)19-27(28)25-7-6-23(36)16-31(25)39/h6-7,14-16,22,24,27-28,32H,8-13,17-20H2,1-5H3/t22-,27-,28+,32-/m0/s1. The minimum absolute atomic E-state index is 0.0644. The summed E-state index contributed by atoms with van der Waals surface area (Å²) in [4.78, 5) is 33.8. The maximum absolute atomic E-state index is 15.3. The first-order valence-electron chi connectivity index (χ1n) is 16.2. The molecule has 7 nitrogen and oxygen atoms in total. The van der Waals surface area contributed by atoms with Gasteiger partial charge in [0.05, 0.1) is 5.92 Å². The maximum atomic E-state index is 15.3. The number of rotatable bonds is 7. The number of likely N-dealkylation sites (tertiary alicyclic amines) is 1. The first-order chi connectivity index (χ1) is 21.7. The molecule has 11 heteroatoms. The SMILES string of the molecule is Cc1cc(F)c(C[C@@H](C(=O)OC(C)(C)C)N2CCN(C(=O)[C@@H]3CN(C4CCOCC4)C[C@H]3c3ccc(Cl)cc3F)[C@@H](C)C2)c(F)c1. The first-order valence-corrected chi connectivity index (χ1v) is 16.6. The number of amides is 1. The molecular weight excluding hydrogens is 619 g/mol. The highest BCUT2D eigenvalue weighted by atomic mass is 35.5. The normalized spacial score (nSPS) is 24.3. The van der Waals surface area contributed by atoms with Crippen LogP contribution >= 0.6 is 11.6 Å². The average Bonchev–Trinajstić information content (AvgIpc) is 3.41. The van der Waals surface area contributed by atoms with E-state index >= 15 is 4.39 Å². The molecular formula is C35H45ClF3N3O4. The van der Waals surface area contributed by atoms with Gasteiger partial charge in [0.2, 0.25) is 5.91 Å². The number of hydrogen-bond acceptors (Lipinski definition) is 6. The second kappa shape index (κ2) is 14.2. The number of hydrogen-bond donors (Lipinski definition) is 0. The number of aryl methyl sites for hydroxylation is 1. The fourth-order valence-electron chi connectivity index (χ4n) is 7.21. The second-order valence-corrected chi connectivity index (χ2v) is 14.4. The van der Waals surface area contributed by atoms with Gasteiger partial charge in [-0.15, -0.1) is 0 Å². The van der Waals surface area contributed by atoms with Crippen LogP contribution in [0.3, 0.4) is 0 Å². The van der Waals surface area contributed by atoms with Crippen LogP contribution in [0.2, 0.25) is 5.02 Å². The average molecular weight is 664 g/mol. The van der Waals surface area contributed by atoms with Gasteiger partial charge in [0.15, 0.2) is 0 Å². The lowest BCUT2D eigenvalue weighted by molar-refractivity contribution is -0.163. The maximum Gasteiger partial charge on any atom is 0.324 e. The highest BCUT2D eigenvalue weighted by Gasteiger charge is 2.46. The summed E-state index contributed by atoms with van der Waals surface area (Å²) in [5.41, 5.74) is -0.0313. The number of carbonyl (C=O) groups excluding carboxylic acids is 2. The zero-order chi connectivity index (χ0) is 33.3. The van der Waals surface area contributed by atoms with Crippen LogP contribution in [-0.4, -0.2) is 96.2 Å². The van der Waals surface area contributed by atoms with Crippen molar-refractivity contribution >= 4 is 23.5 Å². The van der Waals surface area contributed by atoms with Gasteiger partial charge >= 0.3 is 5.97 Å². The Kier molecular flexibility index (Phi) is 10.7. The molecule has 3 saturated heterocycles. The molecule has 2 aromatic rings. The van der Waals surface area contributed by atoms with Crippen molar-refractivity contribution in [2.45, 2.75) is 83.5 Å². The smallest absolute Gasteiger partial charge is 0.324 e. The number of benzene rings is 2. The van der Waals surface area contributed by atoms with Gasteiger partial charge in [-0.1, -0.05) is 17.7 Å². The molecule has 5 rings (SSSR count). The number of ether oxygens (including phenoxy) is 2. The number of carbonyl (C=O) groups is 2. The van der Waals surface area contributed by atoms with E-state index in [0.29, 0.717) is 62.1 Å².